The van der Waals surface area contributed by atoms with Crippen LogP contribution >= 0.6 is 11.3 Å². The second kappa shape index (κ2) is 7.84. The molecule has 1 aliphatic carbocycles. The second-order valence-corrected chi connectivity index (χ2v) is 9.67. The van der Waals surface area contributed by atoms with E-state index < -0.39 is 18.1 Å². The molecule has 2 saturated heterocycles. The summed E-state index contributed by atoms with van der Waals surface area (Å²) in [6, 6.07) is 21.0. The predicted molar refractivity (Wildman–Crippen MR) is 125 cm³/mol. The van der Waals surface area contributed by atoms with Crippen molar-refractivity contribution in [3.05, 3.63) is 82.2 Å². The maximum absolute atomic E-state index is 13.8. The van der Waals surface area contributed by atoms with E-state index in [0.717, 1.165) is 47.4 Å². The van der Waals surface area contributed by atoms with Gasteiger partial charge in [0.1, 0.15) is 17.0 Å². The van der Waals surface area contributed by atoms with Gasteiger partial charge in [-0.05, 0) is 48.9 Å². The fourth-order valence-electron chi connectivity index (χ4n) is 5.23. The average molecular weight is 456 g/mol. The normalized spacial score (nSPS) is 24.0. The summed E-state index contributed by atoms with van der Waals surface area (Å²) >= 11 is 1.42. The summed E-state index contributed by atoms with van der Waals surface area (Å²) in [7, 11) is 0. The third-order valence-electron chi connectivity index (χ3n) is 6.73. The van der Waals surface area contributed by atoms with Crippen LogP contribution < -0.4 is 9.96 Å². The number of hydrogen-bond acceptors (Lipinski definition) is 6. The number of rotatable bonds is 3. The molecule has 0 N–H and O–H groups in total. The standard InChI is InChI=1S/C26H21N3O3S/c27-15-19-18-13-7-8-14-20(18)33-26(19)28-24(30)21-22(16-9-3-1-4-10-16)29(32-23(21)25(28)31)17-11-5-2-6-12-17/h1-6,9-12,21-23H,7-8,13-14H2/t21-,22+,23-/m0/s1. The van der Waals surface area contributed by atoms with Crippen LogP contribution in [0.2, 0.25) is 0 Å². The van der Waals surface area contributed by atoms with Crippen LogP contribution in [0, 0.1) is 17.2 Å². The number of aryl methyl sites for hydroxylation is 1. The van der Waals surface area contributed by atoms with Crippen molar-refractivity contribution < 1.29 is 14.4 Å². The molecule has 6 nitrogen and oxygen atoms in total. The maximum atomic E-state index is 13.8. The molecule has 0 spiro atoms. The minimum Gasteiger partial charge on any atom is -0.273 e. The second-order valence-electron chi connectivity index (χ2n) is 8.58. The molecule has 7 heteroatoms. The molecule has 3 heterocycles. The summed E-state index contributed by atoms with van der Waals surface area (Å²) in [5.41, 5.74) is 3.18. The minimum atomic E-state index is -0.923. The van der Waals surface area contributed by atoms with Gasteiger partial charge in [-0.2, -0.15) is 5.26 Å². The highest BCUT2D eigenvalue weighted by Gasteiger charge is 2.61. The fraction of sp³-hybridized carbons (Fsp3) is 0.269. The highest BCUT2D eigenvalue weighted by Crippen LogP contribution is 2.50. The first-order chi connectivity index (χ1) is 16.2. The zero-order valence-electron chi connectivity index (χ0n) is 17.8. The van der Waals surface area contributed by atoms with E-state index in [9.17, 15) is 14.9 Å². The number of carbonyl (C=O) groups excluding carboxylic acids is 2. The van der Waals surface area contributed by atoms with Gasteiger partial charge in [0.15, 0.2) is 6.10 Å². The van der Waals surface area contributed by atoms with Gasteiger partial charge in [-0.15, -0.1) is 11.3 Å². The number of imide groups is 1. The Kier molecular flexibility index (Phi) is 4.79. The quantitative estimate of drug-likeness (QED) is 0.542. The Bertz CT molecular complexity index is 1280. The molecule has 33 heavy (non-hydrogen) atoms. The number of thiophene rings is 1. The van der Waals surface area contributed by atoms with Crippen molar-refractivity contribution >= 4 is 33.8 Å². The zero-order chi connectivity index (χ0) is 22.5. The highest BCUT2D eigenvalue weighted by atomic mass is 32.1. The van der Waals surface area contributed by atoms with E-state index in [-0.39, 0.29) is 11.8 Å². The number of carbonyl (C=O) groups is 2. The molecule has 2 aliphatic heterocycles. The maximum Gasteiger partial charge on any atom is 0.267 e. The predicted octanol–water partition coefficient (Wildman–Crippen LogP) is 4.55. The van der Waals surface area contributed by atoms with Gasteiger partial charge in [0, 0.05) is 4.88 Å². The molecule has 6 rings (SSSR count). The lowest BCUT2D eigenvalue weighted by molar-refractivity contribution is -0.126. The molecule has 3 aliphatic rings. The Hall–Kier alpha value is -3.47. The molecule has 2 amide bonds. The molecular weight excluding hydrogens is 434 g/mol. The monoisotopic (exact) mass is 455 g/mol. The van der Waals surface area contributed by atoms with Gasteiger partial charge in [-0.25, -0.2) is 9.96 Å². The van der Waals surface area contributed by atoms with Crippen molar-refractivity contribution in [1.82, 2.24) is 0 Å². The first kappa shape index (κ1) is 20.2. The first-order valence-electron chi connectivity index (χ1n) is 11.2. The van der Waals surface area contributed by atoms with Gasteiger partial charge in [0.2, 0.25) is 5.91 Å². The van der Waals surface area contributed by atoms with Crippen molar-refractivity contribution in [2.24, 2.45) is 5.92 Å². The molecule has 0 unspecified atom stereocenters. The molecule has 3 aromatic rings. The Morgan fingerprint density at radius 1 is 0.939 bits per heavy atom. The van der Waals surface area contributed by atoms with Crippen molar-refractivity contribution in [2.45, 2.75) is 37.8 Å². The lowest BCUT2D eigenvalue weighted by Gasteiger charge is -2.28. The third kappa shape index (κ3) is 3.02. The van der Waals surface area contributed by atoms with Gasteiger partial charge in [0.05, 0.1) is 17.3 Å². The van der Waals surface area contributed by atoms with Crippen LogP contribution in [-0.2, 0) is 27.3 Å². The Morgan fingerprint density at radius 2 is 1.64 bits per heavy atom. The van der Waals surface area contributed by atoms with E-state index in [1.807, 2.05) is 60.7 Å². The summed E-state index contributed by atoms with van der Waals surface area (Å²) in [6.07, 6.45) is 2.88. The number of anilines is 2. The number of amides is 2. The number of benzene rings is 2. The number of fused-ring (bicyclic) bond motifs is 2. The van der Waals surface area contributed by atoms with E-state index in [1.54, 1.807) is 5.06 Å². The lowest BCUT2D eigenvalue weighted by atomic mass is 9.90. The van der Waals surface area contributed by atoms with Crippen LogP contribution in [-0.4, -0.2) is 17.9 Å². The topological polar surface area (TPSA) is 73.6 Å². The zero-order valence-corrected chi connectivity index (χ0v) is 18.6. The molecule has 0 bridgehead atoms. The van der Waals surface area contributed by atoms with Gasteiger partial charge in [0.25, 0.3) is 5.91 Å². The van der Waals surface area contributed by atoms with Crippen molar-refractivity contribution in [1.29, 1.82) is 5.26 Å². The van der Waals surface area contributed by atoms with Crippen LogP contribution in [0.4, 0.5) is 10.7 Å². The Balaban J connectivity index is 1.44. The summed E-state index contributed by atoms with van der Waals surface area (Å²) < 4.78 is 0. The number of para-hydroxylation sites is 1. The SMILES string of the molecule is N#Cc1c(N2C(=O)[C@@H]3[C@H](ON(c4ccccc4)[C@@H]3c3ccccc3)C2=O)sc2c1CCCC2. The van der Waals surface area contributed by atoms with Crippen LogP contribution in [0.3, 0.4) is 0 Å². The van der Waals surface area contributed by atoms with Crippen molar-refractivity contribution in [3.8, 4) is 6.07 Å². The van der Waals surface area contributed by atoms with Crippen LogP contribution in [0.5, 0.6) is 0 Å². The van der Waals surface area contributed by atoms with E-state index in [2.05, 4.69) is 6.07 Å². The van der Waals surface area contributed by atoms with Crippen LogP contribution in [0.1, 0.15) is 40.5 Å². The molecule has 164 valence electrons. The number of hydroxylamine groups is 1. The molecule has 0 radical (unpaired) electrons. The van der Waals surface area contributed by atoms with Gasteiger partial charge < -0.3 is 0 Å². The molecular formula is C26H21N3O3S. The molecule has 1 aromatic heterocycles. The smallest absolute Gasteiger partial charge is 0.267 e. The van der Waals surface area contributed by atoms with Crippen LogP contribution in [0.25, 0.3) is 0 Å². The number of nitrogens with zero attached hydrogens (tertiary/aromatic N) is 3. The number of hydrogen-bond donors (Lipinski definition) is 0. The van der Waals surface area contributed by atoms with Gasteiger partial charge >= 0.3 is 0 Å². The Labute approximate surface area is 195 Å². The third-order valence-corrected chi connectivity index (χ3v) is 8.01. The summed E-state index contributed by atoms with van der Waals surface area (Å²) in [5.74, 6) is -1.38. The van der Waals surface area contributed by atoms with E-state index in [4.69, 9.17) is 4.84 Å². The highest BCUT2D eigenvalue weighted by molar-refractivity contribution is 7.17. The molecule has 2 aromatic carbocycles. The first-order valence-corrected chi connectivity index (χ1v) is 12.0. The summed E-state index contributed by atoms with van der Waals surface area (Å²) in [6.45, 7) is 0. The van der Waals surface area contributed by atoms with E-state index >= 15 is 0 Å². The molecule has 0 saturated carbocycles. The minimum absolute atomic E-state index is 0.299. The molecule has 2 fully saturated rings. The fourth-order valence-corrected chi connectivity index (χ4v) is 6.58. The number of nitriles is 1. The van der Waals surface area contributed by atoms with Crippen LogP contribution in [0.15, 0.2) is 60.7 Å². The lowest BCUT2D eigenvalue weighted by Crippen LogP contribution is -2.37. The van der Waals surface area contributed by atoms with Crippen molar-refractivity contribution in [2.75, 3.05) is 9.96 Å². The Morgan fingerprint density at radius 3 is 2.36 bits per heavy atom. The van der Waals surface area contributed by atoms with Gasteiger partial charge in [-0.1, -0.05) is 48.5 Å². The summed E-state index contributed by atoms with van der Waals surface area (Å²) in [4.78, 5) is 36.0. The largest absolute Gasteiger partial charge is 0.273 e. The average Bonchev–Trinajstić information content (AvgIpc) is 3.50. The van der Waals surface area contributed by atoms with E-state index in [0.29, 0.717) is 10.6 Å². The van der Waals surface area contributed by atoms with Crippen molar-refractivity contribution in [3.63, 3.8) is 0 Å². The van der Waals surface area contributed by atoms with E-state index in [1.165, 1.54) is 16.2 Å². The van der Waals surface area contributed by atoms with Gasteiger partial charge in [-0.3, -0.25) is 14.4 Å². The summed E-state index contributed by atoms with van der Waals surface area (Å²) in [5, 5.41) is 12.1. The molecule has 3 atom stereocenters.